The summed E-state index contributed by atoms with van der Waals surface area (Å²) in [5, 5.41) is 0. The maximum atomic E-state index is 2.70. The first-order chi connectivity index (χ1) is 9.60. The van der Waals surface area contributed by atoms with Crippen molar-refractivity contribution in [2.45, 2.75) is 71.6 Å². The van der Waals surface area contributed by atoms with Crippen LogP contribution in [0.1, 0.15) is 60.1 Å². The molecule has 1 aliphatic heterocycles. The first-order valence-electron chi connectivity index (χ1n) is 8.19. The van der Waals surface area contributed by atoms with E-state index in [2.05, 4.69) is 88.6 Å². The molecule has 0 amide bonds. The van der Waals surface area contributed by atoms with Gasteiger partial charge in [-0.3, -0.25) is 9.80 Å². The van der Waals surface area contributed by atoms with E-state index >= 15 is 0 Å². The Morgan fingerprint density at radius 1 is 0.857 bits per heavy atom. The number of piperazine rings is 1. The molecule has 1 aliphatic rings. The molecule has 1 saturated heterocycles. The fourth-order valence-corrected chi connectivity index (χ4v) is 3.70. The summed E-state index contributed by atoms with van der Waals surface area (Å²) in [5.74, 6) is 0. The molecule has 2 atom stereocenters. The maximum Gasteiger partial charge on any atom is 0.0483 e. The molecule has 1 aromatic carbocycles. The Bertz CT molecular complexity index is 453. The molecule has 1 heterocycles. The van der Waals surface area contributed by atoms with Crippen molar-refractivity contribution in [2.24, 2.45) is 0 Å². The molecular formula is C19H32N2. The van der Waals surface area contributed by atoms with Crippen molar-refractivity contribution < 1.29 is 0 Å². The lowest BCUT2D eigenvalue weighted by Gasteiger charge is -2.55. The van der Waals surface area contributed by atoms with Crippen LogP contribution in [0.25, 0.3) is 0 Å². The third-order valence-corrected chi connectivity index (χ3v) is 4.60. The zero-order valence-electron chi connectivity index (χ0n) is 14.9. The molecule has 0 saturated carbocycles. The molecule has 21 heavy (non-hydrogen) atoms. The quantitative estimate of drug-likeness (QED) is 0.759. The van der Waals surface area contributed by atoms with E-state index in [0.29, 0.717) is 12.1 Å². The zero-order chi connectivity index (χ0) is 15.8. The minimum absolute atomic E-state index is 0.184. The van der Waals surface area contributed by atoms with Gasteiger partial charge in [-0.25, -0.2) is 0 Å². The van der Waals surface area contributed by atoms with Crippen molar-refractivity contribution in [3.8, 4) is 0 Å². The van der Waals surface area contributed by atoms with E-state index in [0.717, 1.165) is 13.1 Å². The lowest BCUT2D eigenvalue weighted by atomic mass is 9.90. The lowest BCUT2D eigenvalue weighted by molar-refractivity contribution is -0.0578. The van der Waals surface area contributed by atoms with E-state index in [-0.39, 0.29) is 11.1 Å². The van der Waals surface area contributed by atoms with E-state index < -0.39 is 0 Å². The van der Waals surface area contributed by atoms with Crippen molar-refractivity contribution in [1.29, 1.82) is 0 Å². The first-order valence-corrected chi connectivity index (χ1v) is 8.19. The minimum atomic E-state index is 0.184. The van der Waals surface area contributed by atoms with Gasteiger partial charge >= 0.3 is 0 Å². The smallest absolute Gasteiger partial charge is 0.0483 e. The van der Waals surface area contributed by atoms with Gasteiger partial charge in [0.25, 0.3) is 0 Å². The number of hydrogen-bond acceptors (Lipinski definition) is 2. The average molecular weight is 288 g/mol. The van der Waals surface area contributed by atoms with Crippen molar-refractivity contribution in [2.75, 3.05) is 13.1 Å². The molecule has 1 aromatic rings. The summed E-state index contributed by atoms with van der Waals surface area (Å²) >= 11 is 0. The van der Waals surface area contributed by atoms with Crippen LogP contribution >= 0.6 is 0 Å². The van der Waals surface area contributed by atoms with Gasteiger partial charge in [-0.05, 0) is 54.0 Å². The molecule has 0 aromatic heterocycles. The molecule has 2 unspecified atom stereocenters. The van der Waals surface area contributed by atoms with Crippen LogP contribution in [0.5, 0.6) is 0 Å². The van der Waals surface area contributed by atoms with Crippen molar-refractivity contribution >= 4 is 0 Å². The Morgan fingerprint density at radius 2 is 1.43 bits per heavy atom. The summed E-state index contributed by atoms with van der Waals surface area (Å²) in [5.41, 5.74) is 1.85. The summed E-state index contributed by atoms with van der Waals surface area (Å²) in [6.45, 7) is 18.6. The molecule has 0 aliphatic carbocycles. The first kappa shape index (κ1) is 16.5. The number of benzene rings is 1. The third kappa shape index (κ3) is 3.67. The van der Waals surface area contributed by atoms with Crippen LogP contribution in [0, 0.1) is 0 Å². The molecule has 118 valence electrons. The van der Waals surface area contributed by atoms with Crippen molar-refractivity contribution in [3.63, 3.8) is 0 Å². The van der Waals surface area contributed by atoms with Crippen molar-refractivity contribution in [1.82, 2.24) is 9.80 Å². The summed E-state index contributed by atoms with van der Waals surface area (Å²) in [4.78, 5) is 5.34. The monoisotopic (exact) mass is 288 g/mol. The minimum Gasteiger partial charge on any atom is -0.295 e. The Labute approximate surface area is 131 Å². The molecular weight excluding hydrogens is 256 g/mol. The highest BCUT2D eigenvalue weighted by Crippen LogP contribution is 2.36. The van der Waals surface area contributed by atoms with Gasteiger partial charge in [0.15, 0.2) is 0 Å². The van der Waals surface area contributed by atoms with Gasteiger partial charge in [0.2, 0.25) is 0 Å². The van der Waals surface area contributed by atoms with E-state index in [1.807, 2.05) is 0 Å². The molecule has 0 radical (unpaired) electrons. The molecule has 1 fully saturated rings. The predicted molar refractivity (Wildman–Crippen MR) is 91.6 cm³/mol. The Kier molecular flexibility index (Phi) is 4.51. The van der Waals surface area contributed by atoms with E-state index in [1.54, 1.807) is 0 Å². The van der Waals surface area contributed by atoms with Gasteiger partial charge in [0, 0.05) is 36.3 Å². The van der Waals surface area contributed by atoms with E-state index in [4.69, 9.17) is 0 Å². The normalized spacial score (nSPS) is 26.0. The molecule has 0 bridgehead atoms. The van der Waals surface area contributed by atoms with Gasteiger partial charge in [-0.15, -0.1) is 0 Å². The Hall–Kier alpha value is -0.860. The van der Waals surface area contributed by atoms with Gasteiger partial charge in [0.1, 0.15) is 0 Å². The molecule has 0 spiro atoms. The second-order valence-electron chi connectivity index (χ2n) is 8.43. The lowest BCUT2D eigenvalue weighted by Crippen LogP contribution is -2.62. The standard InChI is InChI=1S/C19H32N2/c1-15-13-20(18(2,3)4)14-17(21(15)19(5,6)7)16-11-9-8-10-12-16/h8-12,15,17H,13-14H2,1-7H3. The predicted octanol–water partition coefficient (Wildman–Crippen LogP) is 4.33. The Morgan fingerprint density at radius 3 is 1.90 bits per heavy atom. The summed E-state index contributed by atoms with van der Waals surface area (Å²) in [7, 11) is 0. The van der Waals surface area contributed by atoms with Crippen LogP contribution in [0.3, 0.4) is 0 Å². The van der Waals surface area contributed by atoms with Crippen LogP contribution in [0.15, 0.2) is 30.3 Å². The molecule has 2 rings (SSSR count). The van der Waals surface area contributed by atoms with Gasteiger partial charge in [-0.2, -0.15) is 0 Å². The molecule has 0 N–H and O–H groups in total. The topological polar surface area (TPSA) is 6.48 Å². The highest BCUT2D eigenvalue weighted by atomic mass is 15.4. The summed E-state index contributed by atoms with van der Waals surface area (Å²) in [6, 6.07) is 12.0. The SMILES string of the molecule is CC1CN(C(C)(C)C)CC(c2ccccc2)N1C(C)(C)C. The summed E-state index contributed by atoms with van der Waals surface area (Å²) in [6.07, 6.45) is 0. The van der Waals surface area contributed by atoms with Crippen LogP contribution in [0.2, 0.25) is 0 Å². The van der Waals surface area contributed by atoms with Gasteiger partial charge < -0.3 is 0 Å². The maximum absolute atomic E-state index is 2.70. The van der Waals surface area contributed by atoms with Gasteiger partial charge in [0.05, 0.1) is 0 Å². The Balaban J connectivity index is 2.38. The summed E-state index contributed by atoms with van der Waals surface area (Å²) < 4.78 is 0. The number of nitrogens with zero attached hydrogens (tertiary/aromatic N) is 2. The fraction of sp³-hybridized carbons (Fsp3) is 0.684. The highest BCUT2D eigenvalue weighted by Gasteiger charge is 2.41. The van der Waals surface area contributed by atoms with Crippen LogP contribution < -0.4 is 0 Å². The largest absolute Gasteiger partial charge is 0.295 e. The van der Waals surface area contributed by atoms with Crippen LogP contribution in [-0.2, 0) is 0 Å². The van der Waals surface area contributed by atoms with E-state index in [1.165, 1.54) is 5.56 Å². The average Bonchev–Trinajstić information content (AvgIpc) is 2.36. The van der Waals surface area contributed by atoms with Gasteiger partial charge in [-0.1, -0.05) is 30.3 Å². The molecule has 2 heteroatoms. The second-order valence-corrected chi connectivity index (χ2v) is 8.43. The van der Waals surface area contributed by atoms with E-state index in [9.17, 15) is 0 Å². The second kappa shape index (κ2) is 5.73. The van der Waals surface area contributed by atoms with Crippen molar-refractivity contribution in [3.05, 3.63) is 35.9 Å². The third-order valence-electron chi connectivity index (χ3n) is 4.60. The van der Waals surface area contributed by atoms with Crippen LogP contribution in [-0.4, -0.2) is 40.0 Å². The zero-order valence-corrected chi connectivity index (χ0v) is 14.9. The highest BCUT2D eigenvalue weighted by molar-refractivity contribution is 5.21. The number of hydrogen-bond donors (Lipinski definition) is 0. The molecule has 2 nitrogen and oxygen atoms in total. The van der Waals surface area contributed by atoms with Crippen LogP contribution in [0.4, 0.5) is 0 Å². The number of rotatable bonds is 1. The fourth-order valence-electron chi connectivity index (χ4n) is 3.70.